The number of nitrogens with zero attached hydrogens (tertiary/aromatic N) is 4. The zero-order valence-electron chi connectivity index (χ0n) is 23.5. The first kappa shape index (κ1) is 31.6. The molecule has 2 aromatic carbocycles. The van der Waals surface area contributed by atoms with Crippen LogP contribution in [0.15, 0.2) is 53.5 Å². The zero-order chi connectivity index (χ0) is 31.1. The molecule has 0 aliphatic carbocycles. The van der Waals surface area contributed by atoms with Gasteiger partial charge in [0.1, 0.15) is 12.4 Å². The summed E-state index contributed by atoms with van der Waals surface area (Å²) in [5, 5.41) is 24.3. The Morgan fingerprint density at radius 2 is 1.63 bits per heavy atom. The maximum Gasteiger partial charge on any atom is 0.435 e. The highest BCUT2D eigenvalue weighted by molar-refractivity contribution is 8.14. The molecule has 15 heteroatoms. The summed E-state index contributed by atoms with van der Waals surface area (Å²) in [6.45, 7) is 4.71. The van der Waals surface area contributed by atoms with E-state index in [-0.39, 0.29) is 53.3 Å². The fraction of sp³-hybridized carbons (Fsp3) is 0.429. The minimum Gasteiger partial charge on any atom is -0.443 e. The maximum atomic E-state index is 12.8. The van der Waals surface area contributed by atoms with Crippen LogP contribution >= 0.6 is 11.8 Å². The molecule has 4 rings (SSSR count). The Labute approximate surface area is 251 Å². The number of benzene rings is 2. The molecule has 2 fully saturated rings. The molecule has 2 aliphatic heterocycles. The van der Waals surface area contributed by atoms with E-state index in [0.29, 0.717) is 24.5 Å². The monoisotopic (exact) mass is 613 g/mol. The van der Waals surface area contributed by atoms with Crippen molar-refractivity contribution in [2.24, 2.45) is 10.9 Å². The minimum atomic E-state index is -0.778. The van der Waals surface area contributed by atoms with E-state index in [9.17, 15) is 34.6 Å². The number of carbonyl (C=O) groups is 3. The van der Waals surface area contributed by atoms with Crippen molar-refractivity contribution in [2.75, 3.05) is 13.1 Å². The van der Waals surface area contributed by atoms with E-state index in [2.05, 4.69) is 10.3 Å². The van der Waals surface area contributed by atoms with Crippen LogP contribution < -0.4 is 5.32 Å². The Balaban J connectivity index is 1.18. The van der Waals surface area contributed by atoms with Gasteiger partial charge < -0.3 is 19.7 Å². The van der Waals surface area contributed by atoms with Crippen LogP contribution in [0.25, 0.3) is 0 Å². The van der Waals surface area contributed by atoms with Crippen LogP contribution in [0.2, 0.25) is 0 Å². The quantitative estimate of drug-likeness (QED) is 0.127. The minimum absolute atomic E-state index is 0.00109. The van der Waals surface area contributed by atoms with Crippen molar-refractivity contribution in [1.29, 1.82) is 0 Å². The van der Waals surface area contributed by atoms with Gasteiger partial charge in [0.25, 0.3) is 11.4 Å². The number of ether oxygens (including phenoxy) is 2. The number of non-ortho nitro benzene ring substituents is 2. The first-order valence-electron chi connectivity index (χ1n) is 13.5. The first-order valence-corrected chi connectivity index (χ1v) is 14.4. The van der Waals surface area contributed by atoms with Crippen LogP contribution in [0.3, 0.4) is 0 Å². The number of nitro benzene ring substituents is 2. The van der Waals surface area contributed by atoms with Gasteiger partial charge in [-0.05, 0) is 55.7 Å². The topological polar surface area (TPSA) is 184 Å². The number of nitrogens with one attached hydrogen (secondary N) is 1. The van der Waals surface area contributed by atoms with Gasteiger partial charge in [-0.1, -0.05) is 11.8 Å². The van der Waals surface area contributed by atoms with Crippen molar-refractivity contribution >= 4 is 46.1 Å². The third kappa shape index (κ3) is 8.58. The van der Waals surface area contributed by atoms with E-state index in [1.807, 2.05) is 4.90 Å². The van der Waals surface area contributed by atoms with Crippen LogP contribution in [0.1, 0.15) is 37.8 Å². The predicted molar refractivity (Wildman–Crippen MR) is 156 cm³/mol. The fourth-order valence-electron chi connectivity index (χ4n) is 4.84. The van der Waals surface area contributed by atoms with Gasteiger partial charge in [-0.15, -0.1) is 0 Å². The highest BCUT2D eigenvalue weighted by Gasteiger charge is 2.44. The van der Waals surface area contributed by atoms with Gasteiger partial charge in [0, 0.05) is 49.0 Å². The molecule has 4 atom stereocenters. The average molecular weight is 614 g/mol. The summed E-state index contributed by atoms with van der Waals surface area (Å²) in [5.41, 5.74) is 1.26. The van der Waals surface area contributed by atoms with Crippen molar-refractivity contribution in [3.05, 3.63) is 79.9 Å². The summed E-state index contributed by atoms with van der Waals surface area (Å²) in [6, 6.07) is 11.3. The van der Waals surface area contributed by atoms with E-state index in [4.69, 9.17) is 9.47 Å². The van der Waals surface area contributed by atoms with Gasteiger partial charge in [0.2, 0.25) is 5.91 Å². The normalized spacial score (nSPS) is 20.6. The molecule has 0 spiro atoms. The number of hydrogen-bond donors (Lipinski definition) is 1. The highest BCUT2D eigenvalue weighted by atomic mass is 32.2. The molecule has 0 saturated carbocycles. The summed E-state index contributed by atoms with van der Waals surface area (Å²) >= 11 is 1.22. The maximum absolute atomic E-state index is 12.8. The number of carbonyl (C=O) groups excluding carboxylic acids is 3. The first-order chi connectivity index (χ1) is 20.5. The molecule has 228 valence electrons. The molecule has 0 radical (unpaired) electrons. The Morgan fingerprint density at radius 3 is 2.19 bits per heavy atom. The molecule has 14 nitrogen and oxygen atoms in total. The van der Waals surface area contributed by atoms with Crippen molar-refractivity contribution in [3.63, 3.8) is 0 Å². The summed E-state index contributed by atoms with van der Waals surface area (Å²) in [6.07, 6.45) is -0.353. The third-order valence-electron chi connectivity index (χ3n) is 7.28. The molecule has 2 saturated heterocycles. The number of amidine groups is 1. The largest absolute Gasteiger partial charge is 0.443 e. The van der Waals surface area contributed by atoms with E-state index in [0.717, 1.165) is 12.0 Å². The summed E-state index contributed by atoms with van der Waals surface area (Å²) in [7, 11) is 0. The lowest BCUT2D eigenvalue weighted by molar-refractivity contribution is -0.385. The van der Waals surface area contributed by atoms with Gasteiger partial charge in [0.05, 0.1) is 34.5 Å². The smallest absolute Gasteiger partial charge is 0.435 e. The molecule has 1 unspecified atom stereocenters. The molecule has 1 N–H and O–H groups in total. The number of rotatable bonds is 11. The second-order valence-electron chi connectivity index (χ2n) is 10.3. The predicted octanol–water partition coefficient (Wildman–Crippen LogP) is 4.00. The molecule has 2 aliphatic rings. The second kappa shape index (κ2) is 14.2. The molecular formula is C28H31N5O9S. The van der Waals surface area contributed by atoms with Gasteiger partial charge in [-0.25, -0.2) is 4.79 Å². The SMILES string of the molecule is CC(=NC(=O)OCc1ccc([N+](=O)[O-])cc1)N1CCC(SC(=O)C[C@H]2NC(=O)[C@@H]2[C@@H](C)OCc2ccc([N+](=O)[O-])cc2)C1. The summed E-state index contributed by atoms with van der Waals surface area (Å²) in [4.78, 5) is 63.7. The van der Waals surface area contributed by atoms with Crippen LogP contribution in [0.5, 0.6) is 0 Å². The number of aliphatic imine (C=N–C) groups is 1. The number of thioether (sulfide) groups is 1. The van der Waals surface area contributed by atoms with E-state index >= 15 is 0 Å². The van der Waals surface area contributed by atoms with Crippen molar-refractivity contribution < 1.29 is 33.7 Å². The highest BCUT2D eigenvalue weighted by Crippen LogP contribution is 2.30. The lowest BCUT2D eigenvalue weighted by Gasteiger charge is -2.39. The van der Waals surface area contributed by atoms with Crippen LogP contribution in [0, 0.1) is 26.1 Å². The summed E-state index contributed by atoms with van der Waals surface area (Å²) in [5.74, 6) is -0.193. The number of likely N-dealkylation sites (tertiary alicyclic amines) is 1. The van der Waals surface area contributed by atoms with Gasteiger partial charge >= 0.3 is 6.09 Å². The Bertz CT molecular complexity index is 1400. The van der Waals surface area contributed by atoms with Gasteiger partial charge in [-0.2, -0.15) is 4.99 Å². The lowest BCUT2D eigenvalue weighted by Crippen LogP contribution is -2.62. The van der Waals surface area contributed by atoms with Crippen LogP contribution in [0.4, 0.5) is 16.2 Å². The van der Waals surface area contributed by atoms with E-state index in [1.165, 1.54) is 48.2 Å². The van der Waals surface area contributed by atoms with Crippen LogP contribution in [-0.4, -0.2) is 68.2 Å². The number of hydrogen-bond acceptors (Lipinski definition) is 10. The molecule has 0 bridgehead atoms. The molecule has 0 aromatic heterocycles. The van der Waals surface area contributed by atoms with Crippen molar-refractivity contribution in [3.8, 4) is 0 Å². The van der Waals surface area contributed by atoms with Gasteiger partial charge in [-0.3, -0.25) is 29.8 Å². The number of nitro groups is 2. The average Bonchev–Trinajstić information content (AvgIpc) is 3.43. The molecule has 2 amide bonds. The third-order valence-corrected chi connectivity index (χ3v) is 8.43. The van der Waals surface area contributed by atoms with E-state index in [1.54, 1.807) is 26.0 Å². The molecule has 2 aromatic rings. The lowest BCUT2D eigenvalue weighted by atomic mass is 9.84. The van der Waals surface area contributed by atoms with E-state index < -0.39 is 28.0 Å². The second-order valence-corrected chi connectivity index (χ2v) is 11.6. The van der Waals surface area contributed by atoms with Crippen LogP contribution in [-0.2, 0) is 32.3 Å². The summed E-state index contributed by atoms with van der Waals surface area (Å²) < 4.78 is 11.0. The van der Waals surface area contributed by atoms with Gasteiger partial charge in [0.15, 0.2) is 5.12 Å². The van der Waals surface area contributed by atoms with Crippen molar-refractivity contribution in [2.45, 2.75) is 57.3 Å². The molecule has 2 heterocycles. The Kier molecular flexibility index (Phi) is 10.4. The Hall–Kier alpha value is -4.37. The standard InChI is InChI=1S/C28H31N5O9S/c1-17(41-15-19-3-7-21(8-4-19)32(37)38)26-24(30-27(26)35)13-25(34)43-23-11-12-31(14-23)18(2)29-28(36)42-16-20-5-9-22(10-6-20)33(39)40/h3-10,17,23-24,26H,11-16H2,1-2H3,(H,30,35)/t17-,23?,24-,26-/m1/s1. The molecular weight excluding hydrogens is 582 g/mol. The number of β-lactam (4-membered cyclic amide) rings is 1. The van der Waals surface area contributed by atoms with Crippen molar-refractivity contribution in [1.82, 2.24) is 10.2 Å². The number of amides is 2. The fourth-order valence-corrected chi connectivity index (χ4v) is 5.97. The Morgan fingerprint density at radius 1 is 1.05 bits per heavy atom. The zero-order valence-corrected chi connectivity index (χ0v) is 24.4. The molecule has 43 heavy (non-hydrogen) atoms.